The summed E-state index contributed by atoms with van der Waals surface area (Å²) >= 11 is 12.1. The lowest BCUT2D eigenvalue weighted by Crippen LogP contribution is -2.47. The molecule has 0 spiro atoms. The summed E-state index contributed by atoms with van der Waals surface area (Å²) in [5.41, 5.74) is 1.85. The number of carbonyl (C=O) groups is 2. The van der Waals surface area contributed by atoms with Gasteiger partial charge < -0.3 is 15.5 Å². The summed E-state index contributed by atoms with van der Waals surface area (Å²) in [5.74, 6) is -0.983. The molecular formula is C23H17Cl2FN4O2. The molecular weight excluding hydrogens is 454 g/mol. The van der Waals surface area contributed by atoms with Crippen LogP contribution in [0, 0.1) is 5.82 Å². The predicted octanol–water partition coefficient (Wildman–Crippen LogP) is 5.09. The minimum Gasteiger partial charge on any atom is -0.311 e. The predicted molar refractivity (Wildman–Crippen MR) is 124 cm³/mol. The van der Waals surface area contributed by atoms with Gasteiger partial charge in [-0.25, -0.2) is 14.2 Å². The molecule has 9 heteroatoms. The van der Waals surface area contributed by atoms with Crippen molar-refractivity contribution in [2.75, 3.05) is 17.3 Å². The Balaban J connectivity index is 1.72. The Labute approximate surface area is 193 Å². The number of hydrogen-bond donors (Lipinski definition) is 2. The van der Waals surface area contributed by atoms with E-state index in [-0.39, 0.29) is 27.0 Å². The molecule has 1 aliphatic heterocycles. The number of nitrogens with one attached hydrogen (secondary N) is 2. The number of carbonyl (C=O) groups excluding carboxylic acids is 2. The fourth-order valence-corrected chi connectivity index (χ4v) is 3.71. The molecule has 1 aliphatic rings. The van der Waals surface area contributed by atoms with Crippen molar-refractivity contribution < 1.29 is 14.0 Å². The number of rotatable bonds is 3. The zero-order valence-electron chi connectivity index (χ0n) is 16.8. The molecule has 6 nitrogen and oxygen atoms in total. The Morgan fingerprint density at radius 1 is 1.00 bits per heavy atom. The summed E-state index contributed by atoms with van der Waals surface area (Å²) in [6.45, 7) is 0. The lowest BCUT2D eigenvalue weighted by atomic mass is 10.00. The first kappa shape index (κ1) is 21.8. The number of aliphatic imine (C=N–C) groups is 1. The number of urea groups is 1. The number of halogens is 3. The van der Waals surface area contributed by atoms with Crippen molar-refractivity contribution in [2.24, 2.45) is 4.99 Å². The molecule has 0 saturated heterocycles. The van der Waals surface area contributed by atoms with E-state index < -0.39 is 23.9 Å². The van der Waals surface area contributed by atoms with E-state index in [1.54, 1.807) is 67.7 Å². The first-order chi connectivity index (χ1) is 15.4. The van der Waals surface area contributed by atoms with Gasteiger partial charge >= 0.3 is 6.03 Å². The number of benzene rings is 3. The van der Waals surface area contributed by atoms with Crippen molar-refractivity contribution in [3.63, 3.8) is 0 Å². The van der Waals surface area contributed by atoms with Crippen molar-refractivity contribution in [3.05, 3.63) is 93.7 Å². The SMILES string of the molecule is CN1C(=O)C(NC(=O)Nc2cccc(Cl)c2Cl)N=C(c2ccccc2F)c2ccccc21. The van der Waals surface area contributed by atoms with Crippen LogP contribution in [-0.4, -0.2) is 30.9 Å². The van der Waals surface area contributed by atoms with Gasteiger partial charge in [0.1, 0.15) is 5.82 Å². The van der Waals surface area contributed by atoms with Gasteiger partial charge in [-0.3, -0.25) is 4.79 Å². The van der Waals surface area contributed by atoms with Crippen LogP contribution in [0.4, 0.5) is 20.6 Å². The summed E-state index contributed by atoms with van der Waals surface area (Å²) in [4.78, 5) is 31.6. The Morgan fingerprint density at radius 2 is 1.69 bits per heavy atom. The van der Waals surface area contributed by atoms with Gasteiger partial charge in [0.2, 0.25) is 6.17 Å². The minimum atomic E-state index is -1.31. The number of nitrogens with zero attached hydrogens (tertiary/aromatic N) is 2. The van der Waals surface area contributed by atoms with Gasteiger partial charge in [-0.15, -0.1) is 0 Å². The molecule has 0 radical (unpaired) electrons. The fraction of sp³-hybridized carbons (Fsp3) is 0.0870. The van der Waals surface area contributed by atoms with E-state index in [1.807, 2.05) is 0 Å². The number of amides is 3. The van der Waals surface area contributed by atoms with Crippen molar-refractivity contribution >= 4 is 52.2 Å². The molecule has 0 fully saturated rings. The Kier molecular flexibility index (Phi) is 6.12. The van der Waals surface area contributed by atoms with E-state index in [2.05, 4.69) is 15.6 Å². The molecule has 4 rings (SSSR count). The number of likely N-dealkylation sites (N-methyl/N-ethyl adjacent to an activating group) is 1. The highest BCUT2D eigenvalue weighted by Crippen LogP contribution is 2.30. The van der Waals surface area contributed by atoms with E-state index in [0.717, 1.165) is 0 Å². The monoisotopic (exact) mass is 470 g/mol. The van der Waals surface area contributed by atoms with Crippen LogP contribution in [-0.2, 0) is 4.79 Å². The number of para-hydroxylation sites is 1. The van der Waals surface area contributed by atoms with Gasteiger partial charge in [0.15, 0.2) is 0 Å². The van der Waals surface area contributed by atoms with Crippen molar-refractivity contribution in [2.45, 2.75) is 6.17 Å². The van der Waals surface area contributed by atoms with Gasteiger partial charge in [-0.05, 0) is 30.3 Å². The quantitative estimate of drug-likeness (QED) is 0.558. The fourth-order valence-electron chi connectivity index (χ4n) is 3.37. The molecule has 3 aromatic rings. The van der Waals surface area contributed by atoms with Gasteiger partial charge in [-0.1, -0.05) is 59.6 Å². The maximum Gasteiger partial charge on any atom is 0.321 e. The second kappa shape index (κ2) is 8.98. The Bertz CT molecular complexity index is 1250. The van der Waals surface area contributed by atoms with Crippen molar-refractivity contribution in [1.82, 2.24) is 5.32 Å². The molecule has 3 amide bonds. The zero-order chi connectivity index (χ0) is 22.8. The molecule has 0 saturated carbocycles. The van der Waals surface area contributed by atoms with E-state index in [9.17, 15) is 14.0 Å². The molecule has 0 aliphatic carbocycles. The number of hydrogen-bond acceptors (Lipinski definition) is 3. The first-order valence-electron chi connectivity index (χ1n) is 9.58. The van der Waals surface area contributed by atoms with E-state index >= 15 is 0 Å². The number of benzodiazepines with no additional fused rings is 1. The lowest BCUT2D eigenvalue weighted by Gasteiger charge is -2.21. The Hall–Kier alpha value is -3.42. The second-order valence-electron chi connectivity index (χ2n) is 6.97. The van der Waals surface area contributed by atoms with Crippen LogP contribution in [0.1, 0.15) is 11.1 Å². The van der Waals surface area contributed by atoms with Crippen LogP contribution in [0.25, 0.3) is 0 Å². The van der Waals surface area contributed by atoms with Gasteiger partial charge in [0.25, 0.3) is 5.91 Å². The highest BCUT2D eigenvalue weighted by Gasteiger charge is 2.31. The minimum absolute atomic E-state index is 0.163. The van der Waals surface area contributed by atoms with Crippen LogP contribution in [0.5, 0.6) is 0 Å². The maximum absolute atomic E-state index is 14.6. The van der Waals surface area contributed by atoms with Crippen LogP contribution in [0.15, 0.2) is 71.7 Å². The van der Waals surface area contributed by atoms with Crippen LogP contribution in [0.3, 0.4) is 0 Å². The molecule has 0 aromatic heterocycles. The third kappa shape index (κ3) is 4.17. The average Bonchev–Trinajstić information content (AvgIpc) is 2.88. The average molecular weight is 471 g/mol. The summed E-state index contributed by atoms with van der Waals surface area (Å²) in [7, 11) is 1.57. The summed E-state index contributed by atoms with van der Waals surface area (Å²) in [6.07, 6.45) is -1.31. The van der Waals surface area contributed by atoms with Crippen molar-refractivity contribution in [3.8, 4) is 0 Å². The molecule has 0 bridgehead atoms. The zero-order valence-corrected chi connectivity index (χ0v) is 18.3. The molecule has 1 unspecified atom stereocenters. The molecule has 32 heavy (non-hydrogen) atoms. The van der Waals surface area contributed by atoms with E-state index in [4.69, 9.17) is 23.2 Å². The van der Waals surface area contributed by atoms with Crippen molar-refractivity contribution in [1.29, 1.82) is 0 Å². The maximum atomic E-state index is 14.6. The Morgan fingerprint density at radius 3 is 2.44 bits per heavy atom. The number of fused-ring (bicyclic) bond motifs is 1. The van der Waals surface area contributed by atoms with Crippen LogP contribution >= 0.6 is 23.2 Å². The first-order valence-corrected chi connectivity index (χ1v) is 10.3. The summed E-state index contributed by atoms with van der Waals surface area (Å²) in [6, 6.07) is 17.2. The standard InChI is InChI=1S/C23H17Cl2FN4O2/c1-30-18-12-5-3-8-14(18)20(13-7-2-4-10-16(13)26)28-21(22(30)31)29-23(32)27-17-11-6-9-15(24)19(17)25/h2-12,21H,1H3,(H2,27,29,32). The summed E-state index contributed by atoms with van der Waals surface area (Å²) in [5, 5.41) is 5.53. The lowest BCUT2D eigenvalue weighted by molar-refractivity contribution is -0.119. The molecule has 3 aromatic carbocycles. The molecule has 1 atom stereocenters. The highest BCUT2D eigenvalue weighted by atomic mass is 35.5. The van der Waals surface area contributed by atoms with Gasteiger partial charge in [0, 0.05) is 18.2 Å². The van der Waals surface area contributed by atoms with E-state index in [0.29, 0.717) is 11.3 Å². The third-order valence-corrected chi connectivity index (χ3v) is 5.76. The highest BCUT2D eigenvalue weighted by molar-refractivity contribution is 6.44. The molecule has 1 heterocycles. The molecule has 162 valence electrons. The number of anilines is 2. The van der Waals surface area contributed by atoms with Crippen LogP contribution in [0.2, 0.25) is 10.0 Å². The van der Waals surface area contributed by atoms with Gasteiger partial charge in [-0.2, -0.15) is 0 Å². The van der Waals surface area contributed by atoms with E-state index in [1.165, 1.54) is 11.0 Å². The molecule has 2 N–H and O–H groups in total. The smallest absolute Gasteiger partial charge is 0.311 e. The summed E-state index contributed by atoms with van der Waals surface area (Å²) < 4.78 is 14.6. The second-order valence-corrected chi connectivity index (χ2v) is 7.76. The third-order valence-electron chi connectivity index (χ3n) is 4.94. The normalized spacial score (nSPS) is 15.5. The van der Waals surface area contributed by atoms with Crippen LogP contribution < -0.4 is 15.5 Å². The largest absolute Gasteiger partial charge is 0.321 e. The van der Waals surface area contributed by atoms with Gasteiger partial charge in [0.05, 0.1) is 27.1 Å². The topological polar surface area (TPSA) is 73.8 Å².